The van der Waals surface area contributed by atoms with Gasteiger partial charge in [-0.2, -0.15) is 0 Å². The van der Waals surface area contributed by atoms with Crippen molar-refractivity contribution in [3.8, 4) is 0 Å². The molecule has 1 unspecified atom stereocenters. The van der Waals surface area contributed by atoms with E-state index in [0.717, 1.165) is 6.42 Å². The largest absolute Gasteiger partial charge is 0.330 e. The van der Waals surface area contributed by atoms with Gasteiger partial charge in [-0.15, -0.1) is 11.3 Å². The maximum atomic E-state index is 5.57. The van der Waals surface area contributed by atoms with Gasteiger partial charge in [0.1, 0.15) is 0 Å². The first-order valence-corrected chi connectivity index (χ1v) is 5.31. The molecule has 1 rings (SSSR count). The van der Waals surface area contributed by atoms with Crippen LogP contribution in [0.15, 0.2) is 5.51 Å². The Hall–Kier alpha value is -0.450. The molecule has 1 atom stereocenters. The van der Waals surface area contributed by atoms with E-state index in [1.54, 1.807) is 11.3 Å². The first kappa shape index (κ1) is 10.6. The third kappa shape index (κ3) is 2.49. The topological polar surface area (TPSA) is 42.1 Å². The number of rotatable bonds is 4. The molecule has 2 N–H and O–H groups in total. The lowest BCUT2D eigenvalue weighted by Crippen LogP contribution is -2.23. The van der Waals surface area contributed by atoms with Gasteiger partial charge in [-0.05, 0) is 34.0 Å². The Balaban J connectivity index is 2.82. The molecule has 0 saturated carbocycles. The zero-order chi connectivity index (χ0) is 9.84. The molecule has 13 heavy (non-hydrogen) atoms. The summed E-state index contributed by atoms with van der Waals surface area (Å²) in [6, 6.07) is 0.372. The van der Waals surface area contributed by atoms with Crippen LogP contribution >= 0.6 is 11.3 Å². The molecule has 0 spiro atoms. The van der Waals surface area contributed by atoms with Gasteiger partial charge >= 0.3 is 0 Å². The van der Waals surface area contributed by atoms with Crippen molar-refractivity contribution >= 4 is 11.3 Å². The smallest absolute Gasteiger partial charge is 0.0798 e. The summed E-state index contributed by atoms with van der Waals surface area (Å²) in [5.74, 6) is 0. The minimum absolute atomic E-state index is 0.372. The predicted molar refractivity (Wildman–Crippen MR) is 57.0 cm³/mol. The standard InChI is InChI=1S/C9H17N3S/c1-7-9(11-6-13-7)8(4-5-10)12(2)3/h6,8H,4-5,10H2,1-3H3. The van der Waals surface area contributed by atoms with Gasteiger partial charge < -0.3 is 10.6 Å². The van der Waals surface area contributed by atoms with Crippen LogP contribution in [0.5, 0.6) is 0 Å². The Bertz CT molecular complexity index is 257. The van der Waals surface area contributed by atoms with E-state index in [0.29, 0.717) is 12.6 Å². The lowest BCUT2D eigenvalue weighted by atomic mass is 10.1. The summed E-state index contributed by atoms with van der Waals surface area (Å²) in [4.78, 5) is 7.85. The molecule has 1 heterocycles. The van der Waals surface area contributed by atoms with Crippen molar-refractivity contribution in [2.75, 3.05) is 20.6 Å². The number of hydrogen-bond donors (Lipinski definition) is 1. The first-order valence-electron chi connectivity index (χ1n) is 4.43. The summed E-state index contributed by atoms with van der Waals surface area (Å²) in [5, 5.41) is 0. The van der Waals surface area contributed by atoms with Crippen molar-refractivity contribution in [3.63, 3.8) is 0 Å². The fourth-order valence-electron chi connectivity index (χ4n) is 1.43. The summed E-state index contributed by atoms with van der Waals surface area (Å²) >= 11 is 1.70. The van der Waals surface area contributed by atoms with Gasteiger partial charge in [-0.1, -0.05) is 0 Å². The molecule has 4 heteroatoms. The number of hydrogen-bond acceptors (Lipinski definition) is 4. The van der Waals surface area contributed by atoms with Gasteiger partial charge in [0.25, 0.3) is 0 Å². The molecular formula is C9H17N3S. The van der Waals surface area contributed by atoms with Crippen molar-refractivity contribution in [2.24, 2.45) is 5.73 Å². The molecule has 74 valence electrons. The summed E-state index contributed by atoms with van der Waals surface area (Å²) < 4.78 is 0. The summed E-state index contributed by atoms with van der Waals surface area (Å²) in [6.45, 7) is 2.82. The molecular weight excluding hydrogens is 182 g/mol. The van der Waals surface area contributed by atoms with Crippen LogP contribution in [-0.2, 0) is 0 Å². The number of aromatic nitrogens is 1. The van der Waals surface area contributed by atoms with E-state index >= 15 is 0 Å². The van der Waals surface area contributed by atoms with E-state index in [2.05, 4.69) is 30.9 Å². The van der Waals surface area contributed by atoms with Crippen LogP contribution in [0.2, 0.25) is 0 Å². The van der Waals surface area contributed by atoms with E-state index in [4.69, 9.17) is 5.73 Å². The highest BCUT2D eigenvalue weighted by Gasteiger charge is 2.17. The first-order chi connectivity index (χ1) is 6.16. The van der Waals surface area contributed by atoms with Crippen LogP contribution in [0, 0.1) is 6.92 Å². The van der Waals surface area contributed by atoms with Crippen LogP contribution in [-0.4, -0.2) is 30.5 Å². The average molecular weight is 199 g/mol. The molecule has 0 saturated heterocycles. The van der Waals surface area contributed by atoms with Crippen molar-refractivity contribution in [1.82, 2.24) is 9.88 Å². The van der Waals surface area contributed by atoms with Crippen LogP contribution in [0.25, 0.3) is 0 Å². The maximum Gasteiger partial charge on any atom is 0.0798 e. The highest BCUT2D eigenvalue weighted by Crippen LogP contribution is 2.25. The molecule has 1 aromatic heterocycles. The highest BCUT2D eigenvalue weighted by atomic mass is 32.1. The second-order valence-corrected chi connectivity index (χ2v) is 4.41. The predicted octanol–water partition coefficient (Wildman–Crippen LogP) is 1.40. The Labute approximate surface area is 83.6 Å². The minimum atomic E-state index is 0.372. The Morgan fingerprint density at radius 2 is 2.31 bits per heavy atom. The van der Waals surface area contributed by atoms with Crippen LogP contribution in [0.3, 0.4) is 0 Å². The zero-order valence-electron chi connectivity index (χ0n) is 8.45. The van der Waals surface area contributed by atoms with Gasteiger partial charge in [0, 0.05) is 4.88 Å². The number of nitrogens with two attached hydrogens (primary N) is 1. The molecule has 0 amide bonds. The molecule has 1 aromatic rings. The van der Waals surface area contributed by atoms with Gasteiger partial charge in [-0.3, -0.25) is 0 Å². The summed E-state index contributed by atoms with van der Waals surface area (Å²) in [6.07, 6.45) is 0.970. The van der Waals surface area contributed by atoms with Gasteiger partial charge in [0.2, 0.25) is 0 Å². The lowest BCUT2D eigenvalue weighted by Gasteiger charge is -2.22. The lowest BCUT2D eigenvalue weighted by molar-refractivity contribution is 0.281. The third-order valence-corrected chi connectivity index (χ3v) is 2.93. The summed E-state index contributed by atoms with van der Waals surface area (Å²) in [7, 11) is 4.14. The maximum absolute atomic E-state index is 5.57. The van der Waals surface area contributed by atoms with Crippen molar-refractivity contribution in [1.29, 1.82) is 0 Å². The average Bonchev–Trinajstić information content (AvgIpc) is 2.47. The zero-order valence-corrected chi connectivity index (χ0v) is 9.27. The molecule has 0 bridgehead atoms. The molecule has 3 nitrogen and oxygen atoms in total. The number of nitrogens with zero attached hydrogens (tertiary/aromatic N) is 2. The second-order valence-electron chi connectivity index (χ2n) is 3.35. The third-order valence-electron chi connectivity index (χ3n) is 2.16. The number of aryl methyl sites for hydroxylation is 1. The molecule has 0 radical (unpaired) electrons. The van der Waals surface area contributed by atoms with E-state index in [-0.39, 0.29) is 0 Å². The quantitative estimate of drug-likeness (QED) is 0.797. The monoisotopic (exact) mass is 199 g/mol. The fraction of sp³-hybridized carbons (Fsp3) is 0.667. The minimum Gasteiger partial charge on any atom is -0.330 e. The van der Waals surface area contributed by atoms with Crippen LogP contribution in [0.4, 0.5) is 0 Å². The molecule has 0 aliphatic rings. The molecule has 0 fully saturated rings. The van der Waals surface area contributed by atoms with Crippen LogP contribution < -0.4 is 5.73 Å². The van der Waals surface area contributed by atoms with E-state index in [1.165, 1.54) is 10.6 Å². The van der Waals surface area contributed by atoms with Gasteiger partial charge in [0.15, 0.2) is 0 Å². The molecule has 0 aliphatic carbocycles. The second kappa shape index (κ2) is 4.69. The van der Waals surface area contributed by atoms with E-state index < -0.39 is 0 Å². The van der Waals surface area contributed by atoms with E-state index in [9.17, 15) is 0 Å². The molecule has 0 aromatic carbocycles. The summed E-state index contributed by atoms with van der Waals surface area (Å²) in [5.41, 5.74) is 8.65. The highest BCUT2D eigenvalue weighted by molar-refractivity contribution is 7.09. The fourth-order valence-corrected chi connectivity index (χ4v) is 2.07. The Morgan fingerprint density at radius 3 is 2.69 bits per heavy atom. The van der Waals surface area contributed by atoms with Crippen molar-refractivity contribution < 1.29 is 0 Å². The number of thiazole rings is 1. The molecule has 0 aliphatic heterocycles. The Morgan fingerprint density at radius 1 is 1.62 bits per heavy atom. The van der Waals surface area contributed by atoms with Gasteiger partial charge in [0.05, 0.1) is 17.2 Å². The van der Waals surface area contributed by atoms with Crippen molar-refractivity contribution in [2.45, 2.75) is 19.4 Å². The SMILES string of the molecule is Cc1scnc1C(CCN)N(C)C. The Kier molecular flexibility index (Phi) is 3.84. The van der Waals surface area contributed by atoms with Gasteiger partial charge in [-0.25, -0.2) is 4.98 Å². The normalized spacial score (nSPS) is 13.6. The van der Waals surface area contributed by atoms with Crippen molar-refractivity contribution in [3.05, 3.63) is 16.1 Å². The van der Waals surface area contributed by atoms with Crippen LogP contribution in [0.1, 0.15) is 23.0 Å². The van der Waals surface area contributed by atoms with E-state index in [1.807, 2.05) is 5.51 Å².